The Labute approximate surface area is 390 Å². The predicted octanol–water partition coefficient (Wildman–Crippen LogP) is 8.72. The number of carbonyl (C=O) groups is 1. The molecule has 15 nitrogen and oxygen atoms in total. The number of piperazine rings is 1. The lowest BCUT2D eigenvalue weighted by Crippen LogP contribution is -2.47. The van der Waals surface area contributed by atoms with Gasteiger partial charge in [0.05, 0.1) is 28.3 Å². The molecule has 3 aromatic carbocycles. The number of aromatic nitrogens is 2. The van der Waals surface area contributed by atoms with Crippen LogP contribution < -0.4 is 24.4 Å². The summed E-state index contributed by atoms with van der Waals surface area (Å²) < 4.78 is 42.4. The number of allylic oxidation sites excluding steroid dienone is 1. The average Bonchev–Trinajstić information content (AvgIpc) is 3.77. The van der Waals surface area contributed by atoms with Crippen molar-refractivity contribution in [1.29, 1.82) is 0 Å². The first-order valence-corrected chi connectivity index (χ1v) is 24.6. The molecule has 0 saturated carbocycles. The van der Waals surface area contributed by atoms with Gasteiger partial charge in [-0.25, -0.2) is 18.1 Å². The lowest BCUT2D eigenvalue weighted by molar-refractivity contribution is -0.00591. The number of nitrogens with zero attached hydrogens (tertiary/aromatic N) is 5. The fourth-order valence-electron chi connectivity index (χ4n) is 9.47. The van der Waals surface area contributed by atoms with Gasteiger partial charge in [-0.1, -0.05) is 43.2 Å². The Morgan fingerprint density at radius 2 is 1.76 bits per heavy atom. The molecule has 66 heavy (non-hydrogen) atoms. The Morgan fingerprint density at radius 1 is 0.985 bits per heavy atom. The van der Waals surface area contributed by atoms with Gasteiger partial charge in [0.25, 0.3) is 15.9 Å². The Bertz CT molecular complexity index is 2760. The SMILES string of the molecule is CC1(C)CCC(CN2CCN(c3ccc(C(=O)NS(=O)(=O)c4cc(N=O)c5c(c4)OC[C@@H](CCN4CCC(C)(O)CC4)N5)c(Oc4cnc5[nH]ccc5c4)c3)CC2)=C(c2ccc(Cl)cc2)C1. The molecule has 2 fully saturated rings. The van der Waals surface area contributed by atoms with Crippen molar-refractivity contribution >= 4 is 61.2 Å². The maximum atomic E-state index is 14.1. The summed E-state index contributed by atoms with van der Waals surface area (Å²) in [7, 11) is -4.54. The van der Waals surface area contributed by atoms with Gasteiger partial charge in [-0.2, -0.15) is 0 Å². The normalized spacial score (nSPS) is 20.0. The minimum Gasteiger partial charge on any atom is -0.489 e. The molecule has 2 saturated heterocycles. The summed E-state index contributed by atoms with van der Waals surface area (Å²) in [5.74, 6) is -0.261. The zero-order valence-electron chi connectivity index (χ0n) is 37.6. The molecule has 0 unspecified atom stereocenters. The number of amides is 1. The number of aliphatic hydroxyl groups is 1. The highest BCUT2D eigenvalue weighted by Crippen LogP contribution is 2.44. The van der Waals surface area contributed by atoms with E-state index in [-0.39, 0.29) is 45.7 Å². The first kappa shape index (κ1) is 45.6. The van der Waals surface area contributed by atoms with E-state index < -0.39 is 21.5 Å². The largest absolute Gasteiger partial charge is 0.489 e. The Hall–Kier alpha value is -5.52. The van der Waals surface area contributed by atoms with Crippen LogP contribution in [0.15, 0.2) is 94.8 Å². The summed E-state index contributed by atoms with van der Waals surface area (Å²) in [6, 6.07) is 19.3. The van der Waals surface area contributed by atoms with E-state index in [9.17, 15) is 23.2 Å². The lowest BCUT2D eigenvalue weighted by Gasteiger charge is -2.39. The van der Waals surface area contributed by atoms with Crippen LogP contribution in [0.25, 0.3) is 16.6 Å². The van der Waals surface area contributed by atoms with Gasteiger partial charge in [0.1, 0.15) is 40.9 Å². The van der Waals surface area contributed by atoms with Crippen LogP contribution in [-0.2, 0) is 10.0 Å². The fourth-order valence-corrected chi connectivity index (χ4v) is 10.6. The standard InChI is InChI=1S/C49H57ClN8O7S/c1-48(2)13-10-34(41(28-48)32-4-6-35(50)7-5-32)30-57-20-22-58(23-21-57)37-8-9-40(43(25-37)65-38-24-33-11-16-51-46(33)52-29-38)47(59)55-66(62,63)39-26-42(54-61)45-44(27-39)64-31-36(53-45)12-17-56-18-14-49(3,60)15-19-56/h4-9,11,16,24-27,29,36,53,60H,10,12-15,17-23,28,30-31H2,1-3H3,(H,51,52)(H,55,59)/t36-/m1/s1. The summed E-state index contributed by atoms with van der Waals surface area (Å²) in [6.07, 6.45) is 8.62. The minimum absolute atomic E-state index is 0.0122. The molecule has 0 bridgehead atoms. The number of sulfonamides is 1. The molecule has 3 aliphatic heterocycles. The number of pyridine rings is 1. The summed E-state index contributed by atoms with van der Waals surface area (Å²) in [6.45, 7) is 13.1. The summed E-state index contributed by atoms with van der Waals surface area (Å²) in [5.41, 5.74) is 5.33. The van der Waals surface area contributed by atoms with Gasteiger partial charge in [0, 0.05) is 86.8 Å². The van der Waals surface area contributed by atoms with Crippen molar-refractivity contribution in [3.63, 3.8) is 0 Å². The van der Waals surface area contributed by atoms with E-state index in [4.69, 9.17) is 21.1 Å². The van der Waals surface area contributed by atoms with Crippen molar-refractivity contribution in [2.24, 2.45) is 10.6 Å². The molecule has 5 aromatic rings. The van der Waals surface area contributed by atoms with Crippen molar-refractivity contribution < 1.29 is 27.8 Å². The van der Waals surface area contributed by atoms with Crippen LogP contribution >= 0.6 is 11.6 Å². The number of anilines is 2. The van der Waals surface area contributed by atoms with E-state index in [1.54, 1.807) is 36.7 Å². The average molecular weight is 938 g/mol. The number of hydrogen-bond donors (Lipinski definition) is 4. The van der Waals surface area contributed by atoms with Crippen molar-refractivity contribution in [2.45, 2.75) is 75.8 Å². The smallest absolute Gasteiger partial charge is 0.268 e. The van der Waals surface area contributed by atoms with E-state index >= 15 is 0 Å². The predicted molar refractivity (Wildman–Crippen MR) is 258 cm³/mol. The van der Waals surface area contributed by atoms with Crippen LogP contribution in [-0.4, -0.2) is 110 Å². The van der Waals surface area contributed by atoms with E-state index in [0.717, 1.165) is 93.8 Å². The lowest BCUT2D eigenvalue weighted by atomic mass is 9.72. The van der Waals surface area contributed by atoms with Crippen molar-refractivity contribution in [1.82, 2.24) is 24.5 Å². The maximum absolute atomic E-state index is 14.1. The Kier molecular flexibility index (Phi) is 12.9. The highest BCUT2D eigenvalue weighted by atomic mass is 35.5. The highest BCUT2D eigenvalue weighted by molar-refractivity contribution is 7.90. The molecule has 5 heterocycles. The number of piperidine rings is 1. The highest BCUT2D eigenvalue weighted by Gasteiger charge is 2.32. The zero-order valence-corrected chi connectivity index (χ0v) is 39.2. The first-order valence-electron chi connectivity index (χ1n) is 22.7. The minimum atomic E-state index is -4.54. The number of H-pyrrole nitrogens is 1. The third-order valence-electron chi connectivity index (χ3n) is 13.5. The number of carbonyl (C=O) groups excluding carboxylic acids is 1. The number of benzene rings is 3. The fraction of sp³-hybridized carbons (Fsp3) is 0.429. The number of ether oxygens (including phenoxy) is 2. The number of hydrogen-bond acceptors (Lipinski definition) is 13. The van der Waals surface area contributed by atoms with Gasteiger partial charge in [-0.05, 0) is 110 Å². The third kappa shape index (κ3) is 10.4. The van der Waals surface area contributed by atoms with Crippen molar-refractivity contribution in [3.8, 4) is 17.2 Å². The second-order valence-electron chi connectivity index (χ2n) is 19.2. The Balaban J connectivity index is 0.907. The van der Waals surface area contributed by atoms with E-state index in [0.29, 0.717) is 36.3 Å². The third-order valence-corrected chi connectivity index (χ3v) is 15.1. The number of likely N-dealkylation sites (tertiary alicyclic amines) is 1. The molecule has 0 spiro atoms. The van der Waals surface area contributed by atoms with Crippen molar-refractivity contribution in [3.05, 3.63) is 106 Å². The van der Waals surface area contributed by atoms with Gasteiger partial charge >= 0.3 is 0 Å². The Morgan fingerprint density at radius 3 is 2.52 bits per heavy atom. The molecule has 0 radical (unpaired) electrons. The molecular formula is C49H57ClN8O7S. The second kappa shape index (κ2) is 18.6. The number of halogens is 1. The summed E-state index contributed by atoms with van der Waals surface area (Å²) >= 11 is 6.25. The van der Waals surface area contributed by atoms with E-state index in [1.807, 2.05) is 25.1 Å². The second-order valence-corrected chi connectivity index (χ2v) is 21.3. The maximum Gasteiger partial charge on any atom is 0.268 e. The van der Waals surface area contributed by atoms with Crippen LogP contribution in [0.1, 0.15) is 75.2 Å². The van der Waals surface area contributed by atoms with Gasteiger partial charge in [0.15, 0.2) is 0 Å². The van der Waals surface area contributed by atoms with E-state index in [2.05, 4.69) is 65.9 Å². The van der Waals surface area contributed by atoms with Gasteiger partial charge < -0.3 is 34.7 Å². The summed E-state index contributed by atoms with van der Waals surface area (Å²) in [4.78, 5) is 40.4. The number of fused-ring (bicyclic) bond motifs is 2. The number of nitroso groups, excluding NO2 is 1. The molecule has 1 amide bonds. The van der Waals surface area contributed by atoms with Gasteiger partial charge in [-0.3, -0.25) is 9.69 Å². The monoisotopic (exact) mass is 936 g/mol. The number of rotatable bonds is 13. The van der Waals surface area contributed by atoms with Gasteiger partial charge in [0.2, 0.25) is 0 Å². The first-order chi connectivity index (χ1) is 31.6. The van der Waals surface area contributed by atoms with Crippen LogP contribution in [0, 0.1) is 10.3 Å². The van der Waals surface area contributed by atoms with Gasteiger partial charge in [-0.15, -0.1) is 4.91 Å². The van der Waals surface area contributed by atoms with Crippen LogP contribution in [0.4, 0.5) is 17.1 Å². The number of aromatic amines is 1. The molecular weight excluding hydrogens is 880 g/mol. The van der Waals surface area contributed by atoms with E-state index in [1.165, 1.54) is 22.8 Å². The van der Waals surface area contributed by atoms with Crippen molar-refractivity contribution in [2.75, 3.05) is 69.2 Å². The van der Waals surface area contributed by atoms with Crippen LogP contribution in [0.5, 0.6) is 17.2 Å². The molecule has 4 aliphatic rings. The van der Waals surface area contributed by atoms with Crippen LogP contribution in [0.3, 0.4) is 0 Å². The molecule has 4 N–H and O–H groups in total. The quantitative estimate of drug-likeness (QED) is 0.0826. The molecule has 1 atom stereocenters. The molecule has 1 aliphatic carbocycles. The number of nitrogens with one attached hydrogen (secondary N) is 3. The summed E-state index contributed by atoms with van der Waals surface area (Å²) in [5, 5.41) is 18.3. The molecule has 2 aromatic heterocycles. The zero-order chi connectivity index (χ0) is 46.2. The van der Waals surface area contributed by atoms with Crippen LogP contribution in [0.2, 0.25) is 5.02 Å². The topological polar surface area (TPSA) is 182 Å². The molecule has 348 valence electrons. The molecule has 17 heteroatoms. The molecule has 9 rings (SSSR count).